The Hall–Kier alpha value is -1.55. The number of ether oxygens (including phenoxy) is 1. The zero-order valence-corrected chi connectivity index (χ0v) is 13.0. The van der Waals surface area contributed by atoms with E-state index < -0.39 is 6.10 Å². The molecule has 0 aliphatic carbocycles. The molecule has 112 valence electrons. The number of hydrogen-bond donors (Lipinski definition) is 1. The maximum absolute atomic E-state index is 10.3. The highest BCUT2D eigenvalue weighted by Crippen LogP contribution is 2.25. The van der Waals surface area contributed by atoms with Gasteiger partial charge in [0, 0.05) is 11.6 Å². The molecule has 0 radical (unpaired) electrons. The van der Waals surface area contributed by atoms with E-state index in [0.717, 1.165) is 23.4 Å². The van der Waals surface area contributed by atoms with Gasteiger partial charge in [-0.15, -0.1) is 0 Å². The van der Waals surface area contributed by atoms with Crippen molar-refractivity contribution >= 4 is 11.6 Å². The first-order valence-corrected chi connectivity index (χ1v) is 7.25. The lowest BCUT2D eigenvalue weighted by atomic mass is 10.0. The minimum absolute atomic E-state index is 0.645. The average Bonchev–Trinajstić information content (AvgIpc) is 2.48. The molecule has 0 spiro atoms. The van der Waals surface area contributed by atoms with Gasteiger partial charge in [-0.3, -0.25) is 0 Å². The zero-order chi connectivity index (χ0) is 15.2. The van der Waals surface area contributed by atoms with Crippen molar-refractivity contribution in [2.45, 2.75) is 6.10 Å². The molecule has 1 atom stereocenters. The second kappa shape index (κ2) is 7.46. The van der Waals surface area contributed by atoms with Gasteiger partial charge in [0.1, 0.15) is 18.5 Å². The summed E-state index contributed by atoms with van der Waals surface area (Å²) in [5.74, 6) is 0.809. The first kappa shape index (κ1) is 15.8. The van der Waals surface area contributed by atoms with Gasteiger partial charge in [-0.2, -0.15) is 0 Å². The molecule has 1 N–H and O–H groups in total. The van der Waals surface area contributed by atoms with Crippen LogP contribution in [-0.2, 0) is 0 Å². The van der Waals surface area contributed by atoms with Gasteiger partial charge >= 0.3 is 0 Å². The minimum Gasteiger partial charge on any atom is -0.492 e. The lowest BCUT2D eigenvalue weighted by Crippen LogP contribution is -2.19. The first-order valence-electron chi connectivity index (χ1n) is 6.87. The van der Waals surface area contributed by atoms with Crippen molar-refractivity contribution < 1.29 is 9.84 Å². The van der Waals surface area contributed by atoms with Crippen LogP contribution in [0.5, 0.6) is 5.75 Å². The van der Waals surface area contributed by atoms with E-state index in [4.69, 9.17) is 16.3 Å². The summed E-state index contributed by atoms with van der Waals surface area (Å²) in [7, 11) is 4.02. The number of nitrogens with zero attached hydrogens (tertiary/aromatic N) is 1. The maximum atomic E-state index is 10.3. The SMILES string of the molecule is CN(C)CCOc1ccc([C@@H](O)c2ccc(Cl)cc2)cc1. The van der Waals surface area contributed by atoms with Crippen LogP contribution in [0, 0.1) is 0 Å². The minimum atomic E-state index is -0.655. The maximum Gasteiger partial charge on any atom is 0.119 e. The second-order valence-corrected chi connectivity index (χ2v) is 5.61. The Balaban J connectivity index is 1.99. The Bertz CT molecular complexity index is 552. The van der Waals surface area contributed by atoms with Crippen molar-refractivity contribution in [1.82, 2.24) is 4.90 Å². The van der Waals surface area contributed by atoms with Crippen molar-refractivity contribution in [3.63, 3.8) is 0 Å². The molecule has 2 aromatic rings. The fourth-order valence-corrected chi connectivity index (χ4v) is 2.06. The van der Waals surface area contributed by atoms with E-state index in [1.807, 2.05) is 50.5 Å². The quantitative estimate of drug-likeness (QED) is 0.888. The van der Waals surface area contributed by atoms with Crippen LogP contribution in [0.25, 0.3) is 0 Å². The molecular formula is C17H20ClNO2. The lowest BCUT2D eigenvalue weighted by molar-refractivity contribution is 0.220. The number of likely N-dealkylation sites (N-methyl/N-ethyl adjacent to an activating group) is 1. The van der Waals surface area contributed by atoms with Crippen molar-refractivity contribution in [1.29, 1.82) is 0 Å². The van der Waals surface area contributed by atoms with Crippen molar-refractivity contribution in [3.05, 3.63) is 64.7 Å². The van der Waals surface area contributed by atoms with Crippen molar-refractivity contribution in [2.24, 2.45) is 0 Å². The highest BCUT2D eigenvalue weighted by atomic mass is 35.5. The van der Waals surface area contributed by atoms with Gasteiger partial charge in [0.05, 0.1) is 0 Å². The summed E-state index contributed by atoms with van der Waals surface area (Å²) in [5, 5.41) is 11.0. The van der Waals surface area contributed by atoms with Gasteiger partial charge in [0.25, 0.3) is 0 Å². The third kappa shape index (κ3) is 4.74. The van der Waals surface area contributed by atoms with Gasteiger partial charge in [0.2, 0.25) is 0 Å². The highest BCUT2D eigenvalue weighted by Gasteiger charge is 2.10. The molecule has 2 rings (SSSR count). The largest absolute Gasteiger partial charge is 0.492 e. The van der Waals surface area contributed by atoms with Crippen LogP contribution >= 0.6 is 11.6 Å². The Labute approximate surface area is 130 Å². The molecule has 4 heteroatoms. The Kier molecular flexibility index (Phi) is 5.62. The van der Waals surface area contributed by atoms with E-state index in [2.05, 4.69) is 4.90 Å². The van der Waals surface area contributed by atoms with Crippen LogP contribution in [0.4, 0.5) is 0 Å². The van der Waals surface area contributed by atoms with E-state index in [1.54, 1.807) is 12.1 Å². The van der Waals surface area contributed by atoms with Crippen LogP contribution in [0.3, 0.4) is 0 Å². The highest BCUT2D eigenvalue weighted by molar-refractivity contribution is 6.30. The van der Waals surface area contributed by atoms with Crippen molar-refractivity contribution in [2.75, 3.05) is 27.2 Å². The third-order valence-corrected chi connectivity index (χ3v) is 3.44. The first-order chi connectivity index (χ1) is 10.1. The van der Waals surface area contributed by atoms with Crippen LogP contribution in [0.1, 0.15) is 17.2 Å². The molecule has 3 nitrogen and oxygen atoms in total. The van der Waals surface area contributed by atoms with Crippen LogP contribution < -0.4 is 4.74 Å². The summed E-state index contributed by atoms with van der Waals surface area (Å²) in [5.41, 5.74) is 1.65. The Morgan fingerprint density at radius 2 is 1.52 bits per heavy atom. The summed E-state index contributed by atoms with van der Waals surface area (Å²) in [6, 6.07) is 14.7. The number of aliphatic hydroxyl groups excluding tert-OH is 1. The van der Waals surface area contributed by atoms with Crippen LogP contribution in [0.15, 0.2) is 48.5 Å². The molecular weight excluding hydrogens is 286 g/mol. The molecule has 0 aromatic heterocycles. The predicted octanol–water partition coefficient (Wildman–Crippen LogP) is 3.36. The zero-order valence-electron chi connectivity index (χ0n) is 12.3. The number of hydrogen-bond acceptors (Lipinski definition) is 3. The Morgan fingerprint density at radius 3 is 2.05 bits per heavy atom. The predicted molar refractivity (Wildman–Crippen MR) is 86.0 cm³/mol. The van der Waals surface area contributed by atoms with E-state index in [1.165, 1.54) is 0 Å². The number of aliphatic hydroxyl groups is 1. The summed E-state index contributed by atoms with van der Waals surface area (Å²) in [4.78, 5) is 2.07. The number of halogens is 1. The molecule has 0 bridgehead atoms. The smallest absolute Gasteiger partial charge is 0.119 e. The van der Waals surface area contributed by atoms with Gasteiger partial charge in [-0.05, 0) is 49.5 Å². The topological polar surface area (TPSA) is 32.7 Å². The van der Waals surface area contributed by atoms with E-state index in [9.17, 15) is 5.11 Å². The average molecular weight is 306 g/mol. The fraction of sp³-hybridized carbons (Fsp3) is 0.294. The monoisotopic (exact) mass is 305 g/mol. The molecule has 0 aliphatic heterocycles. The number of benzene rings is 2. The van der Waals surface area contributed by atoms with Gasteiger partial charge in [0.15, 0.2) is 0 Å². The van der Waals surface area contributed by atoms with E-state index in [-0.39, 0.29) is 0 Å². The second-order valence-electron chi connectivity index (χ2n) is 5.17. The van der Waals surface area contributed by atoms with Gasteiger partial charge in [-0.1, -0.05) is 35.9 Å². The molecule has 0 saturated heterocycles. The van der Waals surface area contributed by atoms with Crippen LogP contribution in [0.2, 0.25) is 5.02 Å². The van der Waals surface area contributed by atoms with Gasteiger partial charge in [-0.25, -0.2) is 0 Å². The van der Waals surface area contributed by atoms with E-state index in [0.29, 0.717) is 11.6 Å². The molecule has 0 aliphatic rings. The molecule has 0 fully saturated rings. The van der Waals surface area contributed by atoms with E-state index >= 15 is 0 Å². The summed E-state index contributed by atoms with van der Waals surface area (Å²) < 4.78 is 5.63. The lowest BCUT2D eigenvalue weighted by Gasteiger charge is -2.14. The summed E-state index contributed by atoms with van der Waals surface area (Å²) >= 11 is 5.85. The molecule has 0 amide bonds. The normalized spacial score (nSPS) is 12.4. The molecule has 2 aromatic carbocycles. The molecule has 0 saturated carbocycles. The van der Waals surface area contributed by atoms with Gasteiger partial charge < -0.3 is 14.7 Å². The molecule has 0 heterocycles. The molecule has 21 heavy (non-hydrogen) atoms. The fourth-order valence-electron chi connectivity index (χ4n) is 1.93. The third-order valence-electron chi connectivity index (χ3n) is 3.19. The van der Waals surface area contributed by atoms with Crippen molar-refractivity contribution in [3.8, 4) is 5.75 Å². The standard InChI is InChI=1S/C17H20ClNO2/c1-19(2)11-12-21-16-9-5-14(6-10-16)17(20)13-3-7-15(18)8-4-13/h3-10,17,20H,11-12H2,1-2H3/t17-/m0/s1. The summed E-state index contributed by atoms with van der Waals surface area (Å²) in [6.45, 7) is 1.52. The molecule has 0 unspecified atom stereocenters. The van der Waals surface area contributed by atoms with Crippen LogP contribution in [-0.4, -0.2) is 37.3 Å². The number of rotatable bonds is 6. The summed E-state index contributed by atoms with van der Waals surface area (Å²) in [6.07, 6.45) is -0.655. The Morgan fingerprint density at radius 1 is 1.00 bits per heavy atom.